The molecule has 4 heteroatoms. The van der Waals surface area contributed by atoms with Gasteiger partial charge in [0.1, 0.15) is 0 Å². The van der Waals surface area contributed by atoms with E-state index in [2.05, 4.69) is 98.0 Å². The summed E-state index contributed by atoms with van der Waals surface area (Å²) in [6.07, 6.45) is 15.2. The normalized spacial score (nSPS) is 15.8. The Bertz CT molecular complexity index is 1140. The van der Waals surface area contributed by atoms with E-state index in [0.29, 0.717) is 12.3 Å². The van der Waals surface area contributed by atoms with Crippen molar-refractivity contribution in [3.63, 3.8) is 0 Å². The number of hydrogen-bond acceptors (Lipinski definition) is 1. The Hall–Kier alpha value is -2.04. The van der Waals surface area contributed by atoms with E-state index in [1.165, 1.54) is 42.2 Å². The van der Waals surface area contributed by atoms with Crippen molar-refractivity contribution in [1.82, 2.24) is 4.98 Å². The fourth-order valence-corrected chi connectivity index (χ4v) is 7.31. The molecule has 1 saturated carbocycles. The van der Waals surface area contributed by atoms with Gasteiger partial charge in [0, 0.05) is 17.7 Å². The molecule has 0 amide bonds. The van der Waals surface area contributed by atoms with Crippen LogP contribution in [0, 0.1) is 5.92 Å². The molecule has 1 aliphatic carbocycles. The lowest BCUT2D eigenvalue weighted by molar-refractivity contribution is 0.0966. The number of aromatic nitrogens is 1. The van der Waals surface area contributed by atoms with Crippen molar-refractivity contribution < 1.29 is 4.79 Å². The summed E-state index contributed by atoms with van der Waals surface area (Å²) in [5.41, 5.74) is 5.13. The molecule has 4 rings (SSSR count). The maximum atomic E-state index is 13.5. The predicted octanol–water partition coefficient (Wildman–Crippen LogP) is 8.49. The van der Waals surface area contributed by atoms with Gasteiger partial charge in [-0.2, -0.15) is 0 Å². The van der Waals surface area contributed by atoms with E-state index in [1.807, 2.05) is 0 Å². The average molecular weight is 506 g/mol. The number of carbonyl (C=O) groups excluding carboxylic acids is 1. The number of carbonyl (C=O) groups is 1. The van der Waals surface area contributed by atoms with Crippen molar-refractivity contribution >= 4 is 29.1 Å². The molecule has 0 spiro atoms. The Labute approximate surface area is 215 Å². The van der Waals surface area contributed by atoms with Crippen LogP contribution in [0.25, 0.3) is 22.4 Å². The van der Waals surface area contributed by atoms with E-state index in [4.69, 9.17) is 0 Å². The number of H-pyrrole nitrogens is 1. The van der Waals surface area contributed by atoms with Gasteiger partial charge in [0.05, 0.1) is 13.8 Å². The van der Waals surface area contributed by atoms with Gasteiger partial charge in [-0.15, -0.1) is 0 Å². The Morgan fingerprint density at radius 1 is 0.886 bits per heavy atom. The molecule has 1 heterocycles. The van der Waals surface area contributed by atoms with Gasteiger partial charge in [-0.05, 0) is 65.3 Å². The summed E-state index contributed by atoms with van der Waals surface area (Å²) in [5, 5.41) is 1.46. The number of nitrogens with one attached hydrogen (secondary N) is 1. The number of benzene rings is 2. The molecule has 0 aliphatic heterocycles. The smallest absolute Gasteiger partial charge is 0.179 e. The molecular weight excluding hydrogens is 463 g/mol. The lowest BCUT2D eigenvalue weighted by Crippen LogP contribution is -2.37. The first-order valence-corrected chi connectivity index (χ1v) is 19.5. The number of rotatable bonds is 8. The number of Topliss-reactive ketones (excluding diaryl/α,β-unsaturated/α-hetero) is 1. The first-order valence-electron chi connectivity index (χ1n) is 13.2. The highest BCUT2D eigenvalue weighted by Gasteiger charge is 2.22. The second-order valence-electron chi connectivity index (χ2n) is 12.1. The van der Waals surface area contributed by atoms with Crippen LogP contribution in [0.2, 0.25) is 19.6 Å². The van der Waals surface area contributed by atoms with Crippen molar-refractivity contribution in [2.45, 2.75) is 69.5 Å². The van der Waals surface area contributed by atoms with Crippen LogP contribution in [0.5, 0.6) is 0 Å². The largest absolute Gasteiger partial charge is 0.352 e. The third-order valence-electron chi connectivity index (χ3n) is 7.54. The monoisotopic (exact) mass is 505 g/mol. The van der Waals surface area contributed by atoms with Gasteiger partial charge in [-0.25, -0.2) is 10.0 Å². The van der Waals surface area contributed by atoms with E-state index < -0.39 is 18.1 Å². The second-order valence-corrected chi connectivity index (χ2v) is 21.3. The molecular formula is C31H43NOSSi. The maximum absolute atomic E-state index is 13.5. The van der Waals surface area contributed by atoms with E-state index in [1.54, 1.807) is 0 Å². The zero-order valence-electron chi connectivity index (χ0n) is 22.5. The first kappa shape index (κ1) is 26.0. The molecule has 0 unspecified atom stereocenters. The zero-order chi connectivity index (χ0) is 25.2. The lowest BCUT2D eigenvalue weighted by atomic mass is 9.85. The molecule has 2 nitrogen and oxygen atoms in total. The Morgan fingerprint density at radius 3 is 2.06 bits per heavy atom. The minimum absolute atomic E-state index is 0.251. The van der Waals surface area contributed by atoms with Gasteiger partial charge in [0.15, 0.2) is 5.78 Å². The standard InChI is InChI=1S/C31H43NOSSi/c1-34(2,3)26-17-13-24(14-18-26)28-22-29(25-15-19-27(20-16-25)35(4,5)6)32-31(28)30(33)21-12-23-10-8-7-9-11-23/h13-20,22-23,32H,7-12,21H2,1-6H3. The number of aromatic amines is 1. The molecule has 3 aromatic rings. The molecule has 1 N–H and O–H groups in total. The molecule has 1 aliphatic rings. The Kier molecular flexibility index (Phi) is 7.82. The predicted molar refractivity (Wildman–Crippen MR) is 158 cm³/mol. The third kappa shape index (κ3) is 6.40. The van der Waals surface area contributed by atoms with Crippen molar-refractivity contribution in [2.75, 3.05) is 18.8 Å². The van der Waals surface area contributed by atoms with Crippen LogP contribution in [0.15, 0.2) is 59.5 Å². The van der Waals surface area contributed by atoms with Crippen molar-refractivity contribution in [2.24, 2.45) is 5.92 Å². The van der Waals surface area contributed by atoms with Gasteiger partial charge in [0.25, 0.3) is 0 Å². The topological polar surface area (TPSA) is 32.9 Å². The summed E-state index contributed by atoms with van der Waals surface area (Å²) < 4.78 is 0. The SMILES string of the molecule is C[Si](C)(C)c1ccc(-c2cc(-c3ccc(S(C)(C)C)cc3)c(C(=O)CCC3CCCCC3)[nH]2)cc1. The molecule has 1 fully saturated rings. The minimum Gasteiger partial charge on any atom is -0.352 e. The molecule has 0 radical (unpaired) electrons. The van der Waals surface area contributed by atoms with Crippen molar-refractivity contribution in [3.8, 4) is 22.4 Å². The van der Waals surface area contributed by atoms with Gasteiger partial charge in [0.2, 0.25) is 0 Å². The van der Waals surface area contributed by atoms with E-state index in [-0.39, 0.29) is 5.78 Å². The minimum atomic E-state index is -1.34. The van der Waals surface area contributed by atoms with Crippen LogP contribution >= 0.6 is 10.0 Å². The van der Waals surface area contributed by atoms with Crippen molar-refractivity contribution in [1.29, 1.82) is 0 Å². The summed E-state index contributed by atoms with van der Waals surface area (Å²) in [6.45, 7) is 7.13. The maximum Gasteiger partial charge on any atom is 0.179 e. The van der Waals surface area contributed by atoms with Crippen LogP contribution in [0.3, 0.4) is 0 Å². The highest BCUT2D eigenvalue weighted by molar-refractivity contribution is 8.32. The highest BCUT2D eigenvalue weighted by atomic mass is 32.3. The summed E-state index contributed by atoms with van der Waals surface area (Å²) in [7, 11) is -2.12. The number of ketones is 1. The number of hydrogen-bond donors (Lipinski definition) is 1. The highest BCUT2D eigenvalue weighted by Crippen LogP contribution is 2.45. The van der Waals surface area contributed by atoms with Crippen LogP contribution < -0.4 is 5.19 Å². The summed E-state index contributed by atoms with van der Waals surface area (Å²) in [4.78, 5) is 18.5. The molecule has 0 atom stereocenters. The fraction of sp³-hybridized carbons (Fsp3) is 0.452. The third-order valence-corrected chi connectivity index (χ3v) is 11.3. The van der Waals surface area contributed by atoms with Gasteiger partial charge in [-0.3, -0.25) is 4.79 Å². The summed E-state index contributed by atoms with van der Waals surface area (Å²) in [6, 6.07) is 20.1. The van der Waals surface area contributed by atoms with Gasteiger partial charge in [-0.1, -0.05) is 93.3 Å². The zero-order valence-corrected chi connectivity index (χ0v) is 24.4. The molecule has 2 aromatic carbocycles. The van der Waals surface area contributed by atoms with Crippen LogP contribution in [0.4, 0.5) is 0 Å². The van der Waals surface area contributed by atoms with E-state index >= 15 is 0 Å². The molecule has 35 heavy (non-hydrogen) atoms. The van der Waals surface area contributed by atoms with E-state index in [9.17, 15) is 4.79 Å². The Balaban J connectivity index is 1.66. The van der Waals surface area contributed by atoms with Gasteiger partial charge >= 0.3 is 0 Å². The molecule has 1 aromatic heterocycles. The lowest BCUT2D eigenvalue weighted by Gasteiger charge is -2.25. The van der Waals surface area contributed by atoms with Crippen LogP contribution in [-0.4, -0.2) is 37.6 Å². The average Bonchev–Trinajstić information content (AvgIpc) is 3.28. The molecule has 0 saturated heterocycles. The first-order chi connectivity index (χ1) is 16.5. The van der Waals surface area contributed by atoms with Gasteiger partial charge < -0.3 is 4.98 Å². The Morgan fingerprint density at radius 2 is 1.49 bits per heavy atom. The van der Waals surface area contributed by atoms with Crippen molar-refractivity contribution in [3.05, 3.63) is 60.3 Å². The van der Waals surface area contributed by atoms with Crippen LogP contribution in [-0.2, 0) is 0 Å². The van der Waals surface area contributed by atoms with Crippen LogP contribution in [0.1, 0.15) is 55.4 Å². The summed E-state index contributed by atoms with van der Waals surface area (Å²) in [5.74, 6) is 0.967. The molecule has 188 valence electrons. The van der Waals surface area contributed by atoms with E-state index in [0.717, 1.165) is 34.5 Å². The second kappa shape index (κ2) is 10.5. The fourth-order valence-electron chi connectivity index (χ4n) is 5.19. The molecule has 0 bridgehead atoms. The summed E-state index contributed by atoms with van der Waals surface area (Å²) >= 11 is 0. The quantitative estimate of drug-likeness (QED) is 0.242.